The number of rotatable bonds is 5. The lowest BCUT2D eigenvalue weighted by molar-refractivity contribution is -0.123. The fraction of sp³-hybridized carbons (Fsp3) is 0.333. The molecule has 0 heterocycles. The van der Waals surface area contributed by atoms with Gasteiger partial charge in [0.05, 0.1) is 0 Å². The summed E-state index contributed by atoms with van der Waals surface area (Å²) in [6, 6.07) is 9.18. The third kappa shape index (κ3) is 5.14. The monoisotopic (exact) mass is 220 g/mol. The first-order chi connectivity index (χ1) is 7.68. The van der Waals surface area contributed by atoms with Crippen molar-refractivity contribution < 1.29 is 9.53 Å². The van der Waals surface area contributed by atoms with Crippen molar-refractivity contribution in [1.29, 1.82) is 0 Å². The van der Waals surface area contributed by atoms with Crippen LogP contribution in [0.4, 0.5) is 0 Å². The van der Waals surface area contributed by atoms with E-state index in [9.17, 15) is 4.79 Å². The molecule has 0 aliphatic carbocycles. The second-order valence-electron chi connectivity index (χ2n) is 3.66. The lowest BCUT2D eigenvalue weighted by Gasteiger charge is -2.04. The summed E-state index contributed by atoms with van der Waals surface area (Å²) in [7, 11) is 0. The third-order valence-corrected chi connectivity index (χ3v) is 1.68. The SMILES string of the molecule is CC(C)/C=N/NC(=O)COc1ccccc1. The van der Waals surface area contributed by atoms with Crippen LogP contribution < -0.4 is 10.2 Å². The Hall–Kier alpha value is -1.84. The molecule has 1 aromatic rings. The summed E-state index contributed by atoms with van der Waals surface area (Å²) in [4.78, 5) is 11.2. The van der Waals surface area contributed by atoms with Crippen molar-refractivity contribution in [2.75, 3.05) is 6.61 Å². The Morgan fingerprint density at radius 1 is 1.44 bits per heavy atom. The minimum Gasteiger partial charge on any atom is -0.484 e. The number of carbonyl (C=O) groups is 1. The molecule has 0 aliphatic heterocycles. The number of ether oxygens (including phenoxy) is 1. The zero-order valence-corrected chi connectivity index (χ0v) is 9.51. The van der Waals surface area contributed by atoms with E-state index in [4.69, 9.17) is 4.74 Å². The lowest BCUT2D eigenvalue weighted by atomic mass is 10.3. The molecule has 4 heteroatoms. The third-order valence-electron chi connectivity index (χ3n) is 1.68. The Labute approximate surface area is 95.3 Å². The average molecular weight is 220 g/mol. The van der Waals surface area contributed by atoms with Gasteiger partial charge in [-0.15, -0.1) is 0 Å². The van der Waals surface area contributed by atoms with Gasteiger partial charge in [-0.25, -0.2) is 5.43 Å². The molecule has 0 bridgehead atoms. The van der Waals surface area contributed by atoms with Gasteiger partial charge < -0.3 is 4.74 Å². The molecule has 1 amide bonds. The number of nitrogens with zero attached hydrogens (tertiary/aromatic N) is 1. The van der Waals surface area contributed by atoms with Crippen molar-refractivity contribution in [3.05, 3.63) is 30.3 Å². The van der Waals surface area contributed by atoms with E-state index >= 15 is 0 Å². The lowest BCUT2D eigenvalue weighted by Crippen LogP contribution is -2.24. The van der Waals surface area contributed by atoms with E-state index in [1.54, 1.807) is 18.3 Å². The van der Waals surface area contributed by atoms with E-state index in [-0.39, 0.29) is 12.5 Å². The van der Waals surface area contributed by atoms with Gasteiger partial charge in [0.2, 0.25) is 0 Å². The van der Waals surface area contributed by atoms with Crippen LogP contribution in [-0.2, 0) is 4.79 Å². The Morgan fingerprint density at radius 2 is 2.12 bits per heavy atom. The number of carbonyl (C=O) groups excluding carboxylic acids is 1. The van der Waals surface area contributed by atoms with Crippen molar-refractivity contribution in [3.8, 4) is 5.75 Å². The quantitative estimate of drug-likeness (QED) is 0.608. The predicted molar refractivity (Wildman–Crippen MR) is 63.4 cm³/mol. The van der Waals surface area contributed by atoms with Crippen molar-refractivity contribution in [2.24, 2.45) is 11.0 Å². The standard InChI is InChI=1S/C12H16N2O2/c1-10(2)8-13-14-12(15)9-16-11-6-4-3-5-7-11/h3-8,10H,9H2,1-2H3,(H,14,15)/b13-8+. The summed E-state index contributed by atoms with van der Waals surface area (Å²) in [5.41, 5.74) is 2.39. The van der Waals surface area contributed by atoms with Gasteiger partial charge in [0.15, 0.2) is 6.61 Å². The van der Waals surface area contributed by atoms with Crippen LogP contribution in [0.25, 0.3) is 0 Å². The second-order valence-corrected chi connectivity index (χ2v) is 3.66. The topological polar surface area (TPSA) is 50.7 Å². The number of hydrogen-bond donors (Lipinski definition) is 1. The number of amides is 1. The van der Waals surface area contributed by atoms with Gasteiger partial charge in [-0.3, -0.25) is 4.79 Å². The van der Waals surface area contributed by atoms with Gasteiger partial charge in [0, 0.05) is 6.21 Å². The van der Waals surface area contributed by atoms with Crippen molar-refractivity contribution in [3.63, 3.8) is 0 Å². The molecule has 0 fully saturated rings. The highest BCUT2D eigenvalue weighted by atomic mass is 16.5. The van der Waals surface area contributed by atoms with Crippen LogP contribution in [0, 0.1) is 5.92 Å². The van der Waals surface area contributed by atoms with Gasteiger partial charge in [-0.05, 0) is 18.1 Å². The van der Waals surface area contributed by atoms with E-state index in [1.165, 1.54) is 0 Å². The highest BCUT2D eigenvalue weighted by molar-refractivity contribution is 5.78. The summed E-state index contributed by atoms with van der Waals surface area (Å²) in [5, 5.41) is 3.78. The molecule has 0 saturated carbocycles. The maximum Gasteiger partial charge on any atom is 0.277 e. The molecule has 0 unspecified atom stereocenters. The van der Waals surface area contributed by atoms with Gasteiger partial charge in [-0.1, -0.05) is 32.0 Å². The fourth-order valence-electron chi connectivity index (χ4n) is 0.956. The molecule has 1 N–H and O–H groups in total. The van der Waals surface area contributed by atoms with E-state index in [1.807, 2.05) is 32.0 Å². The Bertz CT molecular complexity index is 347. The van der Waals surface area contributed by atoms with Crippen LogP contribution >= 0.6 is 0 Å². The smallest absolute Gasteiger partial charge is 0.277 e. The Balaban J connectivity index is 2.26. The number of hydrazone groups is 1. The summed E-state index contributed by atoms with van der Waals surface area (Å²) in [5.74, 6) is 0.724. The first-order valence-corrected chi connectivity index (χ1v) is 5.18. The molecular formula is C12H16N2O2. The van der Waals surface area contributed by atoms with Crippen LogP contribution in [-0.4, -0.2) is 18.7 Å². The normalized spacial score (nSPS) is 10.7. The van der Waals surface area contributed by atoms with E-state index in [0.29, 0.717) is 11.7 Å². The Morgan fingerprint density at radius 3 is 2.75 bits per heavy atom. The molecule has 0 spiro atoms. The summed E-state index contributed by atoms with van der Waals surface area (Å²) < 4.78 is 5.24. The van der Waals surface area contributed by atoms with Crippen molar-refractivity contribution >= 4 is 12.1 Å². The molecule has 4 nitrogen and oxygen atoms in total. The molecule has 0 saturated heterocycles. The van der Waals surface area contributed by atoms with E-state index < -0.39 is 0 Å². The first-order valence-electron chi connectivity index (χ1n) is 5.18. The second kappa shape index (κ2) is 6.61. The summed E-state index contributed by atoms with van der Waals surface area (Å²) in [6.45, 7) is 3.94. The maximum atomic E-state index is 11.2. The van der Waals surface area contributed by atoms with Gasteiger partial charge in [0.1, 0.15) is 5.75 Å². The molecule has 1 rings (SSSR count). The van der Waals surface area contributed by atoms with Gasteiger partial charge >= 0.3 is 0 Å². The molecule has 0 atom stereocenters. The number of hydrogen-bond acceptors (Lipinski definition) is 3. The number of para-hydroxylation sites is 1. The largest absolute Gasteiger partial charge is 0.484 e. The highest BCUT2D eigenvalue weighted by Gasteiger charge is 2.00. The first kappa shape index (κ1) is 12.2. The predicted octanol–water partition coefficient (Wildman–Crippen LogP) is 1.82. The minimum atomic E-state index is -0.263. The van der Waals surface area contributed by atoms with E-state index in [0.717, 1.165) is 0 Å². The van der Waals surface area contributed by atoms with Gasteiger partial charge in [-0.2, -0.15) is 5.10 Å². The molecule has 0 aliphatic rings. The maximum absolute atomic E-state index is 11.2. The molecular weight excluding hydrogens is 204 g/mol. The van der Waals surface area contributed by atoms with E-state index in [2.05, 4.69) is 10.5 Å². The van der Waals surface area contributed by atoms with Crippen LogP contribution in [0.1, 0.15) is 13.8 Å². The van der Waals surface area contributed by atoms with Crippen LogP contribution in [0.5, 0.6) is 5.75 Å². The number of nitrogens with one attached hydrogen (secondary N) is 1. The van der Waals surface area contributed by atoms with Crippen molar-refractivity contribution in [2.45, 2.75) is 13.8 Å². The summed E-state index contributed by atoms with van der Waals surface area (Å²) in [6.07, 6.45) is 1.67. The zero-order valence-electron chi connectivity index (χ0n) is 9.51. The molecule has 1 aromatic carbocycles. The van der Waals surface area contributed by atoms with Gasteiger partial charge in [0.25, 0.3) is 5.91 Å². The highest BCUT2D eigenvalue weighted by Crippen LogP contribution is 2.07. The molecule has 0 aromatic heterocycles. The summed E-state index contributed by atoms with van der Waals surface area (Å²) >= 11 is 0. The molecule has 86 valence electrons. The minimum absolute atomic E-state index is 0.0283. The fourth-order valence-corrected chi connectivity index (χ4v) is 0.956. The number of benzene rings is 1. The van der Waals surface area contributed by atoms with Crippen LogP contribution in [0.3, 0.4) is 0 Å². The van der Waals surface area contributed by atoms with Crippen LogP contribution in [0.15, 0.2) is 35.4 Å². The average Bonchev–Trinajstić information content (AvgIpc) is 2.27. The Kier molecular flexibility index (Phi) is 5.05. The molecule has 0 radical (unpaired) electrons. The zero-order chi connectivity index (χ0) is 11.8. The van der Waals surface area contributed by atoms with Crippen molar-refractivity contribution in [1.82, 2.24) is 5.43 Å². The van der Waals surface area contributed by atoms with Crippen LogP contribution in [0.2, 0.25) is 0 Å². The molecule has 16 heavy (non-hydrogen) atoms.